The Bertz CT molecular complexity index is 694. The van der Waals surface area contributed by atoms with Gasteiger partial charge in [0, 0.05) is 30.5 Å². The molecule has 0 unspecified atom stereocenters. The summed E-state index contributed by atoms with van der Waals surface area (Å²) >= 11 is 3.30. The van der Waals surface area contributed by atoms with Gasteiger partial charge in [0.15, 0.2) is 0 Å². The Morgan fingerprint density at radius 1 is 1.37 bits per heavy atom. The van der Waals surface area contributed by atoms with Crippen molar-refractivity contribution in [1.29, 1.82) is 0 Å². The van der Waals surface area contributed by atoms with Crippen LogP contribution in [0.1, 0.15) is 24.8 Å². The molecule has 0 atom stereocenters. The minimum absolute atomic E-state index is 0.242. The van der Waals surface area contributed by atoms with Crippen molar-refractivity contribution < 1.29 is 4.39 Å². The van der Waals surface area contributed by atoms with Gasteiger partial charge < -0.3 is 4.90 Å². The Labute approximate surface area is 119 Å². The van der Waals surface area contributed by atoms with Gasteiger partial charge in [-0.25, -0.2) is 4.39 Å². The van der Waals surface area contributed by atoms with Crippen LogP contribution in [0.4, 0.5) is 10.1 Å². The monoisotopic (exact) mass is 320 g/mol. The van der Waals surface area contributed by atoms with Crippen molar-refractivity contribution >= 4 is 32.5 Å². The third-order valence-electron chi connectivity index (χ3n) is 4.68. The lowest BCUT2D eigenvalue weighted by Gasteiger charge is -2.39. The van der Waals surface area contributed by atoms with Gasteiger partial charge in [0.25, 0.3) is 0 Å². The first-order chi connectivity index (χ1) is 9.11. The molecule has 1 spiro atoms. The van der Waals surface area contributed by atoms with Crippen molar-refractivity contribution in [2.45, 2.75) is 24.7 Å². The van der Waals surface area contributed by atoms with Gasteiger partial charge in [0.2, 0.25) is 0 Å². The van der Waals surface area contributed by atoms with E-state index in [9.17, 15) is 4.39 Å². The highest BCUT2D eigenvalue weighted by molar-refractivity contribution is 9.10. The van der Waals surface area contributed by atoms with E-state index in [-0.39, 0.29) is 11.2 Å². The quantitative estimate of drug-likeness (QED) is 0.729. The normalized spacial score (nSPS) is 19.8. The minimum atomic E-state index is -0.242. The zero-order valence-electron chi connectivity index (χ0n) is 10.7. The van der Waals surface area contributed by atoms with Crippen LogP contribution >= 0.6 is 15.9 Å². The number of halogens is 2. The smallest absolute Gasteiger partial charge is 0.139 e. The predicted octanol–water partition coefficient (Wildman–Crippen LogP) is 4.01. The van der Waals surface area contributed by atoms with E-state index < -0.39 is 0 Å². The molecule has 1 fully saturated rings. The lowest BCUT2D eigenvalue weighted by Crippen LogP contribution is -2.38. The Morgan fingerprint density at radius 3 is 2.84 bits per heavy atom. The summed E-state index contributed by atoms with van der Waals surface area (Å²) in [5, 5.41) is 1.11. The molecule has 1 aromatic heterocycles. The molecule has 2 nitrogen and oxygen atoms in total. The van der Waals surface area contributed by atoms with Crippen LogP contribution in [0.5, 0.6) is 0 Å². The van der Waals surface area contributed by atoms with Crippen molar-refractivity contribution in [1.82, 2.24) is 4.98 Å². The van der Waals surface area contributed by atoms with Crippen LogP contribution < -0.4 is 4.90 Å². The Hall–Kier alpha value is -1.16. The van der Waals surface area contributed by atoms with E-state index in [2.05, 4.69) is 32.9 Å². The van der Waals surface area contributed by atoms with E-state index in [1.807, 2.05) is 12.3 Å². The number of anilines is 1. The number of aromatic nitrogens is 1. The summed E-state index contributed by atoms with van der Waals surface area (Å²) in [4.78, 5) is 6.72. The molecule has 0 saturated heterocycles. The number of hydrogen-bond acceptors (Lipinski definition) is 2. The van der Waals surface area contributed by atoms with Crippen molar-refractivity contribution in [3.63, 3.8) is 0 Å². The van der Waals surface area contributed by atoms with Crippen molar-refractivity contribution in [2.24, 2.45) is 0 Å². The molecular formula is C15H14BrFN2. The lowest BCUT2D eigenvalue weighted by molar-refractivity contribution is 0.267. The zero-order chi connectivity index (χ0) is 13.2. The second kappa shape index (κ2) is 3.69. The van der Waals surface area contributed by atoms with Gasteiger partial charge in [0.1, 0.15) is 5.82 Å². The van der Waals surface area contributed by atoms with Crippen LogP contribution in [-0.2, 0) is 5.41 Å². The Morgan fingerprint density at radius 2 is 2.16 bits per heavy atom. The molecule has 19 heavy (non-hydrogen) atoms. The van der Waals surface area contributed by atoms with Crippen LogP contribution in [0.2, 0.25) is 0 Å². The summed E-state index contributed by atoms with van der Waals surface area (Å²) in [6, 6.07) is 3.43. The van der Waals surface area contributed by atoms with Crippen molar-refractivity contribution in [2.75, 3.05) is 18.5 Å². The molecular weight excluding hydrogens is 307 g/mol. The lowest BCUT2D eigenvalue weighted by atomic mass is 9.65. The van der Waals surface area contributed by atoms with E-state index >= 15 is 0 Å². The van der Waals surface area contributed by atoms with Crippen molar-refractivity contribution in [3.05, 3.63) is 34.2 Å². The first-order valence-corrected chi connectivity index (χ1v) is 7.39. The zero-order valence-corrected chi connectivity index (χ0v) is 12.3. The fraction of sp³-hybridized carbons (Fsp3) is 0.400. The molecule has 1 aliphatic heterocycles. The topological polar surface area (TPSA) is 16.1 Å². The largest absolute Gasteiger partial charge is 0.372 e. The summed E-state index contributed by atoms with van der Waals surface area (Å²) in [6.45, 7) is 1.07. The van der Waals surface area contributed by atoms with Crippen LogP contribution in [0.3, 0.4) is 0 Å². The molecule has 2 aliphatic rings. The van der Waals surface area contributed by atoms with Gasteiger partial charge in [-0.05, 0) is 40.4 Å². The fourth-order valence-electron chi connectivity index (χ4n) is 3.65. The summed E-state index contributed by atoms with van der Waals surface area (Å²) < 4.78 is 14.2. The second-order valence-electron chi connectivity index (χ2n) is 5.79. The number of hydrogen-bond donors (Lipinski definition) is 0. The summed E-state index contributed by atoms with van der Waals surface area (Å²) in [5.41, 5.74) is 3.64. The number of pyridine rings is 1. The van der Waals surface area contributed by atoms with Gasteiger partial charge in [-0.15, -0.1) is 0 Å². The average Bonchev–Trinajstić information content (AvgIpc) is 2.65. The van der Waals surface area contributed by atoms with E-state index in [1.165, 1.54) is 36.6 Å². The third-order valence-corrected chi connectivity index (χ3v) is 5.29. The molecule has 2 heterocycles. The molecule has 1 aromatic carbocycles. The maximum absolute atomic E-state index is 13.7. The van der Waals surface area contributed by atoms with Gasteiger partial charge in [-0.2, -0.15) is 0 Å². The van der Waals surface area contributed by atoms with Crippen LogP contribution in [0, 0.1) is 5.82 Å². The predicted molar refractivity (Wildman–Crippen MR) is 78.2 cm³/mol. The van der Waals surface area contributed by atoms with Crippen molar-refractivity contribution in [3.8, 4) is 0 Å². The summed E-state index contributed by atoms with van der Waals surface area (Å²) in [6.07, 6.45) is 5.66. The molecule has 2 aromatic rings. The fourth-order valence-corrected chi connectivity index (χ4v) is 4.00. The van der Waals surface area contributed by atoms with Gasteiger partial charge in [-0.1, -0.05) is 6.42 Å². The SMILES string of the molecule is CN1CC2(CCC2)c2c1cnc1cc(F)c(Br)cc21. The highest BCUT2D eigenvalue weighted by atomic mass is 79.9. The van der Waals surface area contributed by atoms with Gasteiger partial charge >= 0.3 is 0 Å². The standard InChI is InChI=1S/C15H14BrFN2/c1-19-8-15(3-2-4-15)14-9-5-10(16)11(17)6-12(9)18-7-13(14)19/h5-7H,2-4,8H2,1H3. The van der Waals surface area contributed by atoms with E-state index in [0.29, 0.717) is 4.47 Å². The maximum Gasteiger partial charge on any atom is 0.139 e. The number of benzene rings is 1. The molecule has 0 bridgehead atoms. The van der Waals surface area contributed by atoms with Gasteiger partial charge in [-0.3, -0.25) is 4.98 Å². The third kappa shape index (κ3) is 1.43. The van der Waals surface area contributed by atoms with E-state index in [1.54, 1.807) is 0 Å². The van der Waals surface area contributed by atoms with Crippen LogP contribution in [0.25, 0.3) is 10.9 Å². The Kier molecular flexibility index (Phi) is 2.26. The molecule has 4 rings (SSSR count). The highest BCUT2D eigenvalue weighted by Gasteiger charge is 2.47. The van der Waals surface area contributed by atoms with Crippen LogP contribution in [-0.4, -0.2) is 18.6 Å². The average molecular weight is 321 g/mol. The maximum atomic E-state index is 13.7. The summed E-state index contributed by atoms with van der Waals surface area (Å²) in [5.74, 6) is -0.242. The van der Waals surface area contributed by atoms with Crippen LogP contribution in [0.15, 0.2) is 22.8 Å². The number of nitrogens with zero attached hydrogens (tertiary/aromatic N) is 2. The molecule has 0 radical (unpaired) electrons. The van der Waals surface area contributed by atoms with E-state index in [0.717, 1.165) is 17.4 Å². The second-order valence-corrected chi connectivity index (χ2v) is 6.65. The molecule has 98 valence electrons. The minimum Gasteiger partial charge on any atom is -0.372 e. The molecule has 1 saturated carbocycles. The molecule has 1 aliphatic carbocycles. The first-order valence-electron chi connectivity index (χ1n) is 6.60. The summed E-state index contributed by atoms with van der Waals surface area (Å²) in [7, 11) is 2.12. The molecule has 0 amide bonds. The number of likely N-dealkylation sites (N-methyl/N-ethyl adjacent to an activating group) is 1. The molecule has 4 heteroatoms. The first kappa shape index (κ1) is 11.6. The van der Waals surface area contributed by atoms with Gasteiger partial charge in [0.05, 0.1) is 21.9 Å². The van der Waals surface area contributed by atoms with E-state index in [4.69, 9.17) is 0 Å². The number of rotatable bonds is 0. The highest BCUT2D eigenvalue weighted by Crippen LogP contribution is 2.54. The number of fused-ring (bicyclic) bond motifs is 4. The molecule has 0 N–H and O–H groups in total. The Balaban J connectivity index is 2.08.